The number of nitrogens with two attached hydrogens (primary N) is 1. The van der Waals surface area contributed by atoms with Crippen LogP contribution >= 0.6 is 0 Å². The summed E-state index contributed by atoms with van der Waals surface area (Å²) in [5.41, 5.74) is 7.79. The SMILES string of the molecule is CNc1cc(COCC(C)O)cc(NC(=O)OC(C)(C)C)c1N. The fourth-order valence-corrected chi connectivity index (χ4v) is 1.87. The highest BCUT2D eigenvalue weighted by molar-refractivity contribution is 5.93. The fraction of sp³-hybridized carbons (Fsp3) is 0.562. The molecule has 7 heteroatoms. The summed E-state index contributed by atoms with van der Waals surface area (Å²) in [6.07, 6.45) is -1.11. The first-order valence-corrected chi connectivity index (χ1v) is 7.48. The molecule has 0 aliphatic heterocycles. The molecule has 5 N–H and O–H groups in total. The van der Waals surface area contributed by atoms with Crippen LogP contribution in [0.1, 0.15) is 33.3 Å². The van der Waals surface area contributed by atoms with E-state index < -0.39 is 17.8 Å². The minimum Gasteiger partial charge on any atom is -0.444 e. The van der Waals surface area contributed by atoms with E-state index in [2.05, 4.69) is 10.6 Å². The van der Waals surface area contributed by atoms with E-state index in [0.29, 0.717) is 23.7 Å². The molecule has 23 heavy (non-hydrogen) atoms. The number of aliphatic hydroxyl groups is 1. The van der Waals surface area contributed by atoms with Crippen LogP contribution in [0.15, 0.2) is 12.1 Å². The molecule has 1 unspecified atom stereocenters. The summed E-state index contributed by atoms with van der Waals surface area (Å²) < 4.78 is 10.6. The third-order valence-electron chi connectivity index (χ3n) is 2.77. The van der Waals surface area contributed by atoms with Crippen molar-refractivity contribution >= 4 is 23.2 Å². The zero-order chi connectivity index (χ0) is 17.6. The van der Waals surface area contributed by atoms with Crippen molar-refractivity contribution in [1.82, 2.24) is 0 Å². The zero-order valence-corrected chi connectivity index (χ0v) is 14.4. The molecule has 0 saturated heterocycles. The Morgan fingerprint density at radius 1 is 1.35 bits per heavy atom. The Hall–Kier alpha value is -1.99. The molecule has 1 amide bonds. The van der Waals surface area contributed by atoms with E-state index in [1.54, 1.807) is 40.8 Å². The van der Waals surface area contributed by atoms with Gasteiger partial charge in [-0.2, -0.15) is 0 Å². The topological polar surface area (TPSA) is 106 Å². The van der Waals surface area contributed by atoms with E-state index in [-0.39, 0.29) is 6.61 Å². The van der Waals surface area contributed by atoms with E-state index in [0.717, 1.165) is 5.56 Å². The zero-order valence-electron chi connectivity index (χ0n) is 14.4. The number of ether oxygens (including phenoxy) is 2. The van der Waals surface area contributed by atoms with Crippen LogP contribution in [0.2, 0.25) is 0 Å². The summed E-state index contributed by atoms with van der Waals surface area (Å²) in [6, 6.07) is 3.56. The van der Waals surface area contributed by atoms with Crippen molar-refractivity contribution in [3.8, 4) is 0 Å². The standard InChI is InChI=1S/C16H27N3O4/c1-10(20)8-22-9-11-6-12(18-5)14(17)13(7-11)19-15(21)23-16(2,3)4/h6-7,10,18,20H,8-9,17H2,1-5H3,(H,19,21). The Bertz CT molecular complexity index is 539. The second kappa shape index (κ2) is 8.03. The number of carbonyl (C=O) groups is 1. The maximum atomic E-state index is 11.9. The van der Waals surface area contributed by atoms with Gasteiger partial charge < -0.3 is 25.6 Å². The Kier molecular flexibility index (Phi) is 6.65. The van der Waals surface area contributed by atoms with Crippen molar-refractivity contribution < 1.29 is 19.4 Å². The number of rotatable bonds is 6. The van der Waals surface area contributed by atoms with E-state index in [4.69, 9.17) is 15.2 Å². The van der Waals surface area contributed by atoms with Gasteiger partial charge in [0.25, 0.3) is 0 Å². The summed E-state index contributed by atoms with van der Waals surface area (Å²) in [7, 11) is 1.74. The minimum atomic E-state index is -0.595. The number of benzene rings is 1. The normalized spacial score (nSPS) is 12.6. The van der Waals surface area contributed by atoms with E-state index in [1.807, 2.05) is 6.07 Å². The maximum absolute atomic E-state index is 11.9. The van der Waals surface area contributed by atoms with E-state index >= 15 is 0 Å². The van der Waals surface area contributed by atoms with Crippen LogP contribution < -0.4 is 16.4 Å². The average Bonchev–Trinajstić information content (AvgIpc) is 2.39. The Morgan fingerprint density at radius 2 is 1.96 bits per heavy atom. The molecule has 0 saturated carbocycles. The van der Waals surface area contributed by atoms with Crippen molar-refractivity contribution in [2.24, 2.45) is 0 Å². The number of hydrogen-bond acceptors (Lipinski definition) is 6. The molecule has 1 aromatic rings. The van der Waals surface area contributed by atoms with Crippen molar-refractivity contribution in [2.75, 3.05) is 30.0 Å². The molecular formula is C16H27N3O4. The van der Waals surface area contributed by atoms with Gasteiger partial charge in [-0.15, -0.1) is 0 Å². The number of anilines is 3. The molecule has 1 aromatic carbocycles. The minimum absolute atomic E-state index is 0.230. The van der Waals surface area contributed by atoms with Crippen LogP contribution in [0.3, 0.4) is 0 Å². The van der Waals surface area contributed by atoms with Crippen LogP contribution in [0, 0.1) is 0 Å². The van der Waals surface area contributed by atoms with Gasteiger partial charge >= 0.3 is 6.09 Å². The van der Waals surface area contributed by atoms with Crippen molar-refractivity contribution in [1.29, 1.82) is 0 Å². The van der Waals surface area contributed by atoms with Crippen LogP contribution in [-0.2, 0) is 16.1 Å². The Labute approximate surface area is 137 Å². The molecule has 0 aliphatic rings. The molecule has 0 radical (unpaired) electrons. The molecular weight excluding hydrogens is 298 g/mol. The van der Waals surface area contributed by atoms with Crippen LogP contribution in [-0.4, -0.2) is 36.6 Å². The molecule has 0 bridgehead atoms. The quantitative estimate of drug-likeness (QED) is 0.599. The Morgan fingerprint density at radius 3 is 2.48 bits per heavy atom. The molecule has 0 fully saturated rings. The van der Waals surface area contributed by atoms with Gasteiger partial charge in [0.05, 0.1) is 36.4 Å². The van der Waals surface area contributed by atoms with Crippen molar-refractivity contribution in [2.45, 2.75) is 46.0 Å². The average molecular weight is 325 g/mol. The lowest BCUT2D eigenvalue weighted by Gasteiger charge is -2.21. The van der Waals surface area contributed by atoms with E-state index in [9.17, 15) is 9.90 Å². The van der Waals surface area contributed by atoms with Gasteiger partial charge in [0.2, 0.25) is 0 Å². The smallest absolute Gasteiger partial charge is 0.412 e. The van der Waals surface area contributed by atoms with Crippen LogP contribution in [0.5, 0.6) is 0 Å². The monoisotopic (exact) mass is 325 g/mol. The van der Waals surface area contributed by atoms with Gasteiger partial charge in [0.1, 0.15) is 5.60 Å². The number of aliphatic hydroxyl groups excluding tert-OH is 1. The second-order valence-electron chi connectivity index (χ2n) is 6.35. The second-order valence-corrected chi connectivity index (χ2v) is 6.35. The van der Waals surface area contributed by atoms with Gasteiger partial charge in [-0.1, -0.05) is 0 Å². The molecule has 7 nitrogen and oxygen atoms in total. The number of nitrogen functional groups attached to an aromatic ring is 1. The van der Waals surface area contributed by atoms with Gasteiger partial charge in [-0.3, -0.25) is 5.32 Å². The fourth-order valence-electron chi connectivity index (χ4n) is 1.87. The molecule has 0 heterocycles. The first kappa shape index (κ1) is 19.1. The number of hydrogen-bond donors (Lipinski definition) is 4. The summed E-state index contributed by atoms with van der Waals surface area (Å²) in [4.78, 5) is 11.9. The van der Waals surface area contributed by atoms with Crippen molar-refractivity contribution in [3.63, 3.8) is 0 Å². The van der Waals surface area contributed by atoms with Crippen LogP contribution in [0.4, 0.5) is 21.9 Å². The largest absolute Gasteiger partial charge is 0.444 e. The summed E-state index contributed by atoms with van der Waals surface area (Å²) >= 11 is 0. The van der Waals surface area contributed by atoms with Crippen molar-refractivity contribution in [3.05, 3.63) is 17.7 Å². The molecule has 130 valence electrons. The summed E-state index contributed by atoms with van der Waals surface area (Å²) in [6.45, 7) is 7.54. The van der Waals surface area contributed by atoms with Gasteiger partial charge in [0.15, 0.2) is 0 Å². The third-order valence-corrected chi connectivity index (χ3v) is 2.77. The lowest BCUT2D eigenvalue weighted by Crippen LogP contribution is -2.27. The lowest BCUT2D eigenvalue weighted by molar-refractivity contribution is 0.0376. The third kappa shape index (κ3) is 6.75. The number of nitrogens with one attached hydrogen (secondary N) is 2. The molecule has 0 aliphatic carbocycles. The first-order valence-electron chi connectivity index (χ1n) is 7.48. The highest BCUT2D eigenvalue weighted by atomic mass is 16.6. The van der Waals surface area contributed by atoms with Gasteiger partial charge in [-0.05, 0) is 45.4 Å². The van der Waals surface area contributed by atoms with Crippen LogP contribution in [0.25, 0.3) is 0 Å². The Balaban J connectivity index is 2.90. The first-order chi connectivity index (χ1) is 10.6. The summed E-state index contributed by atoms with van der Waals surface area (Å²) in [5, 5.41) is 14.9. The number of amides is 1. The number of carbonyl (C=O) groups excluding carboxylic acids is 1. The highest BCUT2D eigenvalue weighted by Gasteiger charge is 2.18. The van der Waals surface area contributed by atoms with E-state index in [1.165, 1.54) is 0 Å². The summed E-state index contributed by atoms with van der Waals surface area (Å²) in [5.74, 6) is 0. The highest BCUT2D eigenvalue weighted by Crippen LogP contribution is 2.30. The molecule has 0 spiro atoms. The molecule has 1 rings (SSSR count). The predicted molar refractivity (Wildman–Crippen MR) is 91.6 cm³/mol. The molecule has 1 atom stereocenters. The lowest BCUT2D eigenvalue weighted by atomic mass is 10.1. The van der Waals surface area contributed by atoms with Gasteiger partial charge in [0, 0.05) is 7.05 Å². The molecule has 0 aromatic heterocycles. The van der Waals surface area contributed by atoms with Gasteiger partial charge in [-0.25, -0.2) is 4.79 Å². The predicted octanol–water partition coefficient (Wildman–Crippen LogP) is 2.55. The maximum Gasteiger partial charge on any atom is 0.412 e.